The number of esters is 1. The first kappa shape index (κ1) is 71.8. The number of ether oxygens (including phenoxy) is 5. The maximum atomic E-state index is 15.7. The number of rotatable bonds is 25. The van der Waals surface area contributed by atoms with Crippen molar-refractivity contribution in [3.8, 4) is 57.7 Å². The SMILES string of the molecule is CC(C)c1c(F)c(C#N)cc(-c2ccnc(OCC(C)(C)n3cc(S(N)(=O)=O)cn3)c2)c1CC(=O)O.COc1ccc(CN(Cc2ccc(OC)cc2)S(=O)(=O)c2cnn(C(C)(C)COc3cc(-c4cc(C#N)c(F)c(C(C)C)c4CC(=O)OC(C)(C)C)ccn3)c2)cc1. The van der Waals surface area contributed by atoms with E-state index in [0.717, 1.165) is 17.3 Å². The number of hydrogen-bond acceptors (Lipinski definition) is 17. The number of carbonyl (C=O) groups is 2. The maximum absolute atomic E-state index is 15.7. The first-order chi connectivity index (χ1) is 44.1. The molecule has 0 aliphatic carbocycles. The summed E-state index contributed by atoms with van der Waals surface area (Å²) in [7, 11) is -4.83. The minimum Gasteiger partial charge on any atom is -0.497 e. The molecule has 0 spiro atoms. The molecule has 26 heteroatoms. The van der Waals surface area contributed by atoms with E-state index in [0.29, 0.717) is 39.3 Å². The van der Waals surface area contributed by atoms with E-state index in [1.165, 1.54) is 56.8 Å². The van der Waals surface area contributed by atoms with Crippen molar-refractivity contribution in [2.24, 2.45) is 5.14 Å². The van der Waals surface area contributed by atoms with Gasteiger partial charge in [-0.1, -0.05) is 52.0 Å². The largest absolute Gasteiger partial charge is 0.497 e. The van der Waals surface area contributed by atoms with Gasteiger partial charge in [0.25, 0.3) is 0 Å². The summed E-state index contributed by atoms with van der Waals surface area (Å²) in [6, 6.07) is 27.5. The van der Waals surface area contributed by atoms with Gasteiger partial charge in [0, 0.05) is 50.0 Å². The van der Waals surface area contributed by atoms with Gasteiger partial charge in [0.05, 0.1) is 61.7 Å². The van der Waals surface area contributed by atoms with Crippen molar-refractivity contribution in [3.63, 3.8) is 0 Å². The average molecular weight is 1330 g/mol. The zero-order valence-electron chi connectivity index (χ0n) is 54.6. The molecule has 8 rings (SSSR count). The summed E-state index contributed by atoms with van der Waals surface area (Å²) in [4.78, 5) is 33.1. The molecule has 0 radical (unpaired) electrons. The van der Waals surface area contributed by atoms with E-state index in [9.17, 15) is 46.4 Å². The summed E-state index contributed by atoms with van der Waals surface area (Å²) < 4.78 is 115. The van der Waals surface area contributed by atoms with E-state index in [2.05, 4.69) is 20.2 Å². The number of halogens is 2. The van der Waals surface area contributed by atoms with E-state index in [1.54, 1.807) is 125 Å². The second-order valence-corrected chi connectivity index (χ2v) is 28.4. The van der Waals surface area contributed by atoms with Crippen molar-refractivity contribution in [1.29, 1.82) is 10.5 Å². The van der Waals surface area contributed by atoms with Crippen LogP contribution in [0.25, 0.3) is 22.3 Å². The molecular weight excluding hydrogens is 1250 g/mol. The number of sulfonamides is 2. The summed E-state index contributed by atoms with van der Waals surface area (Å²) >= 11 is 0. The van der Waals surface area contributed by atoms with Gasteiger partial charge in [-0.05, 0) is 164 Å². The van der Waals surface area contributed by atoms with E-state index < -0.39 is 66.7 Å². The van der Waals surface area contributed by atoms with Gasteiger partial charge >= 0.3 is 11.9 Å². The highest BCUT2D eigenvalue weighted by Crippen LogP contribution is 2.39. The lowest BCUT2D eigenvalue weighted by atomic mass is 9.86. The predicted molar refractivity (Wildman–Crippen MR) is 346 cm³/mol. The van der Waals surface area contributed by atoms with Crippen LogP contribution in [0.3, 0.4) is 0 Å². The molecule has 4 aromatic carbocycles. The van der Waals surface area contributed by atoms with Gasteiger partial charge in [-0.15, -0.1) is 0 Å². The Labute approximate surface area is 546 Å². The number of carboxylic acid groups (broad SMARTS) is 1. The highest BCUT2D eigenvalue weighted by Gasteiger charge is 2.32. The van der Waals surface area contributed by atoms with Crippen molar-refractivity contribution in [2.45, 2.75) is 140 Å². The first-order valence-corrected chi connectivity index (χ1v) is 32.6. The Bertz CT molecular complexity index is 4330. The lowest BCUT2D eigenvalue weighted by molar-refractivity contribution is -0.154. The van der Waals surface area contributed by atoms with Gasteiger partial charge in [0.2, 0.25) is 31.8 Å². The highest BCUT2D eigenvalue weighted by molar-refractivity contribution is 7.89. The summed E-state index contributed by atoms with van der Waals surface area (Å²) in [6.45, 7) is 19.8. The molecule has 0 unspecified atom stereocenters. The molecular formula is C68H76F2N10O12S2. The van der Waals surface area contributed by atoms with Gasteiger partial charge < -0.3 is 28.8 Å². The lowest BCUT2D eigenvalue weighted by Gasteiger charge is -2.26. The third-order valence-corrected chi connectivity index (χ3v) is 17.5. The molecule has 0 saturated carbocycles. The molecule has 496 valence electrons. The maximum Gasteiger partial charge on any atom is 0.310 e. The van der Waals surface area contributed by atoms with Crippen LogP contribution in [-0.4, -0.2) is 101 Å². The molecule has 0 bridgehead atoms. The van der Waals surface area contributed by atoms with Gasteiger partial charge in [-0.2, -0.15) is 25.0 Å². The minimum atomic E-state index is -4.06. The molecule has 0 aliphatic heterocycles. The van der Waals surface area contributed by atoms with Crippen molar-refractivity contribution < 1.29 is 64.0 Å². The Balaban J connectivity index is 0.000000297. The van der Waals surface area contributed by atoms with Crippen molar-refractivity contribution in [1.82, 2.24) is 33.8 Å². The monoisotopic (exact) mass is 1330 g/mol. The van der Waals surface area contributed by atoms with Crippen molar-refractivity contribution in [2.75, 3.05) is 27.4 Å². The number of carbonyl (C=O) groups excluding carboxylic acids is 1. The van der Waals surface area contributed by atoms with E-state index in [1.807, 2.05) is 50.3 Å². The fourth-order valence-electron chi connectivity index (χ4n) is 10.1. The number of nitriles is 2. The number of primary sulfonamides is 1. The second-order valence-electron chi connectivity index (χ2n) is 24.9. The summed E-state index contributed by atoms with van der Waals surface area (Å²) in [5.74, 6) is -2.04. The average Bonchev–Trinajstić information content (AvgIpc) is 0.984. The standard InChI is InChI=1S/C44H50FN5O7S.C24H26FN5O5S/c1-29(2)41-38(22-40(51)57-43(3,4)5)37(20-33(23-46)42(41)45)32-18-19-47-39(21-32)56-28-44(6,7)50-27-36(24-48-50)58(52,53)49(25-30-10-14-34(54-8)15-11-30)26-31-12-16-35(55-9)17-13-31;1-14(2)22-19(9-21(31)32)18(7-16(10-26)23(22)25)15-5-6-28-20(8-15)35-13-24(3,4)30-12-17(11-29-30)36(27,33)34/h10-21,24,27,29H,22,25-26,28H2,1-9H3;5-8,11-12,14H,9,13H2,1-4H3,(H,31,32)(H2,27,33,34). The zero-order valence-corrected chi connectivity index (χ0v) is 56.2. The predicted octanol–water partition coefficient (Wildman–Crippen LogP) is 11.4. The van der Waals surface area contributed by atoms with E-state index in [4.69, 9.17) is 28.8 Å². The molecule has 0 saturated heterocycles. The molecule has 3 N–H and O–H groups in total. The smallest absolute Gasteiger partial charge is 0.310 e. The fraction of sp³-hybridized carbons (Fsp3) is 0.353. The lowest BCUT2D eigenvalue weighted by Crippen LogP contribution is -2.34. The van der Waals surface area contributed by atoms with Crippen LogP contribution in [0.5, 0.6) is 23.3 Å². The number of nitrogens with zero attached hydrogens (tertiary/aromatic N) is 9. The van der Waals surface area contributed by atoms with Crippen LogP contribution in [0.4, 0.5) is 8.78 Å². The van der Waals surface area contributed by atoms with Crippen LogP contribution in [0.15, 0.2) is 132 Å². The van der Waals surface area contributed by atoms with Gasteiger partial charge in [0.15, 0.2) is 0 Å². The van der Waals surface area contributed by atoms with Crippen LogP contribution in [-0.2, 0) is 71.4 Å². The van der Waals surface area contributed by atoms with Crippen LogP contribution in [0.1, 0.15) is 133 Å². The number of pyridine rings is 2. The second kappa shape index (κ2) is 29.6. The number of aromatic nitrogens is 6. The van der Waals surface area contributed by atoms with Gasteiger partial charge in [-0.25, -0.2) is 40.7 Å². The Kier molecular flexibility index (Phi) is 22.6. The van der Waals surface area contributed by atoms with Crippen molar-refractivity contribution >= 4 is 32.0 Å². The summed E-state index contributed by atoms with van der Waals surface area (Å²) in [6.07, 6.45) is 7.60. The van der Waals surface area contributed by atoms with Crippen molar-refractivity contribution in [3.05, 3.63) is 178 Å². The van der Waals surface area contributed by atoms with Crippen LogP contribution in [0.2, 0.25) is 0 Å². The van der Waals surface area contributed by atoms with E-state index in [-0.39, 0.29) is 93.9 Å². The molecule has 4 heterocycles. The number of aliphatic carboxylic acids is 1. The molecule has 8 aromatic rings. The highest BCUT2D eigenvalue weighted by atomic mass is 32.2. The first-order valence-electron chi connectivity index (χ1n) is 29.6. The fourth-order valence-corrected chi connectivity index (χ4v) is 11.9. The normalized spacial score (nSPS) is 12.0. The Morgan fingerprint density at radius 3 is 1.40 bits per heavy atom. The summed E-state index contributed by atoms with van der Waals surface area (Å²) in [5.41, 5.74) is 1.87. The van der Waals surface area contributed by atoms with Crippen LogP contribution in [0, 0.1) is 34.3 Å². The zero-order chi connectivity index (χ0) is 69.3. The molecule has 0 fully saturated rings. The van der Waals surface area contributed by atoms with Gasteiger partial charge in [-0.3, -0.25) is 19.0 Å². The molecule has 0 aliphatic rings. The molecule has 94 heavy (non-hydrogen) atoms. The molecule has 22 nitrogen and oxygen atoms in total. The van der Waals surface area contributed by atoms with Gasteiger partial charge in [0.1, 0.15) is 63.9 Å². The Morgan fingerprint density at radius 1 is 0.638 bits per heavy atom. The number of benzene rings is 4. The summed E-state index contributed by atoms with van der Waals surface area (Å²) in [5, 5.41) is 42.4. The van der Waals surface area contributed by atoms with E-state index >= 15 is 4.39 Å². The molecule has 0 atom stereocenters. The van der Waals surface area contributed by atoms with Crippen LogP contribution < -0.4 is 24.1 Å². The number of carboxylic acids is 1. The molecule has 0 amide bonds. The third-order valence-electron chi connectivity index (χ3n) is 14.9. The van der Waals surface area contributed by atoms with Crippen LogP contribution >= 0.6 is 0 Å². The topological polar surface area (TPSA) is 307 Å². The minimum absolute atomic E-state index is 0.00537. The number of methoxy groups -OCH3 is 2. The quantitative estimate of drug-likeness (QED) is 0.0502. The number of hydrogen-bond donors (Lipinski definition) is 2. The Morgan fingerprint density at radius 2 is 1.04 bits per heavy atom. The number of nitrogens with two attached hydrogens (primary N) is 1. The molecule has 4 aromatic heterocycles. The Hall–Kier alpha value is -9.60. The third kappa shape index (κ3) is 17.7.